The Morgan fingerprint density at radius 2 is 2.07 bits per heavy atom. The highest BCUT2D eigenvalue weighted by molar-refractivity contribution is 8.14. The highest BCUT2D eigenvalue weighted by Crippen LogP contribution is 2.29. The monoisotopic (exact) mass is 425 g/mol. The molecule has 1 aliphatic rings. The van der Waals surface area contributed by atoms with Gasteiger partial charge in [0.25, 0.3) is 0 Å². The summed E-state index contributed by atoms with van der Waals surface area (Å²) < 4.78 is 5.80. The molecule has 1 amide bonds. The number of benzene rings is 2. The quantitative estimate of drug-likeness (QED) is 0.541. The average molecular weight is 426 g/mol. The van der Waals surface area contributed by atoms with Gasteiger partial charge >= 0.3 is 0 Å². The van der Waals surface area contributed by atoms with Crippen molar-refractivity contribution in [3.8, 4) is 11.3 Å². The lowest BCUT2D eigenvalue weighted by Crippen LogP contribution is -2.31. The van der Waals surface area contributed by atoms with Crippen LogP contribution in [0.1, 0.15) is 17.9 Å². The number of amidine groups is 1. The van der Waals surface area contributed by atoms with E-state index >= 15 is 0 Å². The number of thioether (sulfide) groups is 1. The number of aryl methyl sites for hydroxylation is 1. The Kier molecular flexibility index (Phi) is 6.02. The van der Waals surface area contributed by atoms with E-state index in [1.807, 2.05) is 55.5 Å². The lowest BCUT2D eigenvalue weighted by atomic mass is 10.2. The molecule has 0 radical (unpaired) electrons. The number of carbonyl (C=O) groups excluding carboxylic acids is 1. The molecule has 1 aromatic heterocycles. The van der Waals surface area contributed by atoms with Crippen LogP contribution in [0.2, 0.25) is 5.02 Å². The van der Waals surface area contributed by atoms with Crippen molar-refractivity contribution in [2.45, 2.75) is 19.8 Å². The number of hydrogen-bond acceptors (Lipinski definition) is 5. The van der Waals surface area contributed by atoms with Crippen LogP contribution in [0.4, 0.5) is 5.69 Å². The number of oxazole rings is 1. The lowest BCUT2D eigenvalue weighted by Gasteiger charge is -2.16. The first-order chi connectivity index (χ1) is 14.1. The van der Waals surface area contributed by atoms with Gasteiger partial charge in [-0.3, -0.25) is 9.69 Å². The molecule has 1 aliphatic heterocycles. The van der Waals surface area contributed by atoms with Crippen LogP contribution in [0.3, 0.4) is 0 Å². The highest BCUT2D eigenvalue weighted by atomic mass is 35.5. The van der Waals surface area contributed by atoms with Gasteiger partial charge in [0, 0.05) is 35.7 Å². The van der Waals surface area contributed by atoms with Gasteiger partial charge < -0.3 is 4.42 Å². The summed E-state index contributed by atoms with van der Waals surface area (Å²) in [5, 5.41) is 1.39. The Balaban J connectivity index is 1.42. The van der Waals surface area contributed by atoms with E-state index in [1.54, 1.807) is 22.9 Å². The second kappa shape index (κ2) is 8.84. The number of nitrogens with zero attached hydrogens (tertiary/aromatic N) is 3. The third kappa shape index (κ3) is 4.54. The molecule has 29 heavy (non-hydrogen) atoms. The lowest BCUT2D eigenvalue weighted by molar-refractivity contribution is -0.126. The van der Waals surface area contributed by atoms with Crippen molar-refractivity contribution in [2.75, 3.05) is 12.3 Å². The van der Waals surface area contributed by atoms with E-state index in [1.165, 1.54) is 0 Å². The highest BCUT2D eigenvalue weighted by Gasteiger charge is 2.26. The van der Waals surface area contributed by atoms with Gasteiger partial charge in [0.2, 0.25) is 5.91 Å². The molecule has 2 heterocycles. The first-order valence-corrected chi connectivity index (χ1v) is 10.8. The molecule has 0 saturated carbocycles. The number of hydrogen-bond donors (Lipinski definition) is 0. The molecule has 1 fully saturated rings. The molecular formula is C22H20ClN3O2S. The summed E-state index contributed by atoms with van der Waals surface area (Å²) in [6.45, 7) is 2.59. The van der Waals surface area contributed by atoms with Crippen molar-refractivity contribution in [1.82, 2.24) is 9.88 Å². The minimum atomic E-state index is 0.0212. The average Bonchev–Trinajstić information content (AvgIpc) is 3.40. The van der Waals surface area contributed by atoms with E-state index in [4.69, 9.17) is 16.0 Å². The van der Waals surface area contributed by atoms with Crippen LogP contribution in [0.5, 0.6) is 0 Å². The Morgan fingerprint density at radius 3 is 2.90 bits per heavy atom. The van der Waals surface area contributed by atoms with E-state index < -0.39 is 0 Å². The zero-order chi connectivity index (χ0) is 20.2. The topological polar surface area (TPSA) is 58.7 Å². The maximum atomic E-state index is 12.8. The minimum Gasteiger partial charge on any atom is -0.441 e. The van der Waals surface area contributed by atoms with Crippen molar-refractivity contribution in [2.24, 2.45) is 4.99 Å². The molecular weight excluding hydrogens is 406 g/mol. The maximum absolute atomic E-state index is 12.8. The molecule has 0 bridgehead atoms. The molecule has 148 valence electrons. The SMILES string of the molecule is Cc1c(Cl)cccc1N=C1SCCN1C(=O)CCc1ncc(-c2ccccc2)o1. The molecule has 2 aromatic carbocycles. The minimum absolute atomic E-state index is 0.0212. The molecule has 3 aromatic rings. The molecule has 0 spiro atoms. The predicted molar refractivity (Wildman–Crippen MR) is 118 cm³/mol. The van der Waals surface area contributed by atoms with Gasteiger partial charge in [-0.25, -0.2) is 9.98 Å². The molecule has 4 rings (SSSR count). The summed E-state index contributed by atoms with van der Waals surface area (Å²) >= 11 is 7.77. The largest absolute Gasteiger partial charge is 0.441 e. The van der Waals surface area contributed by atoms with Crippen LogP contribution in [0.25, 0.3) is 11.3 Å². The Bertz CT molecular complexity index is 1050. The first kappa shape index (κ1) is 19.7. The fourth-order valence-corrected chi connectivity index (χ4v) is 4.19. The van der Waals surface area contributed by atoms with Crippen LogP contribution in [-0.2, 0) is 11.2 Å². The zero-order valence-electron chi connectivity index (χ0n) is 16.0. The smallest absolute Gasteiger partial charge is 0.229 e. The summed E-state index contributed by atoms with van der Waals surface area (Å²) in [5.74, 6) is 2.13. The molecule has 0 N–H and O–H groups in total. The molecule has 0 atom stereocenters. The van der Waals surface area contributed by atoms with Gasteiger partial charge in [-0.2, -0.15) is 0 Å². The van der Waals surface area contributed by atoms with Gasteiger partial charge in [-0.05, 0) is 24.6 Å². The molecule has 0 aliphatic carbocycles. The third-order valence-electron chi connectivity index (χ3n) is 4.70. The van der Waals surface area contributed by atoms with Gasteiger partial charge in [0.05, 0.1) is 11.9 Å². The van der Waals surface area contributed by atoms with Crippen LogP contribution in [0, 0.1) is 6.92 Å². The summed E-state index contributed by atoms with van der Waals surface area (Å²) in [5.41, 5.74) is 2.68. The summed E-state index contributed by atoms with van der Waals surface area (Å²) in [4.78, 5) is 23.5. The number of aromatic nitrogens is 1. The number of aliphatic imine (C=N–C) groups is 1. The number of carbonyl (C=O) groups is 1. The van der Waals surface area contributed by atoms with Gasteiger partial charge in [0.15, 0.2) is 16.8 Å². The predicted octanol–water partition coefficient (Wildman–Crippen LogP) is 5.50. The summed E-state index contributed by atoms with van der Waals surface area (Å²) in [7, 11) is 0. The first-order valence-electron chi connectivity index (χ1n) is 9.39. The Labute approximate surface area is 178 Å². The number of rotatable bonds is 5. The van der Waals surface area contributed by atoms with Gasteiger partial charge in [-0.1, -0.05) is 59.8 Å². The number of halogens is 1. The van der Waals surface area contributed by atoms with E-state index in [0.717, 1.165) is 27.7 Å². The van der Waals surface area contributed by atoms with E-state index in [2.05, 4.69) is 9.98 Å². The van der Waals surface area contributed by atoms with Crippen molar-refractivity contribution in [3.05, 3.63) is 71.2 Å². The second-order valence-corrected chi connectivity index (χ2v) is 8.13. The summed E-state index contributed by atoms with van der Waals surface area (Å²) in [6.07, 6.45) is 2.48. The molecule has 5 nitrogen and oxygen atoms in total. The standard InChI is InChI=1S/C22H20ClN3O2S/c1-15-17(23)8-5-9-18(15)25-22-26(12-13-29-22)21(27)11-10-20-24-14-19(28-20)16-6-3-2-4-7-16/h2-9,14H,10-13H2,1H3. The molecule has 0 unspecified atom stereocenters. The van der Waals surface area contributed by atoms with Crippen LogP contribution in [-0.4, -0.2) is 33.3 Å². The fourth-order valence-electron chi connectivity index (χ4n) is 3.06. The van der Waals surface area contributed by atoms with Crippen LogP contribution >= 0.6 is 23.4 Å². The van der Waals surface area contributed by atoms with E-state index in [0.29, 0.717) is 36.1 Å². The van der Waals surface area contributed by atoms with Crippen molar-refractivity contribution < 1.29 is 9.21 Å². The number of amides is 1. The van der Waals surface area contributed by atoms with Gasteiger partial charge in [-0.15, -0.1) is 0 Å². The third-order valence-corrected chi connectivity index (χ3v) is 6.06. The van der Waals surface area contributed by atoms with Crippen LogP contribution < -0.4 is 0 Å². The molecule has 1 saturated heterocycles. The van der Waals surface area contributed by atoms with Crippen molar-refractivity contribution in [1.29, 1.82) is 0 Å². The molecule has 7 heteroatoms. The fraction of sp³-hybridized carbons (Fsp3) is 0.227. The normalized spacial score (nSPS) is 15.2. The zero-order valence-corrected chi connectivity index (χ0v) is 17.5. The summed E-state index contributed by atoms with van der Waals surface area (Å²) in [6, 6.07) is 15.4. The van der Waals surface area contributed by atoms with E-state index in [-0.39, 0.29) is 5.91 Å². The van der Waals surface area contributed by atoms with Gasteiger partial charge in [0.1, 0.15) is 0 Å². The van der Waals surface area contributed by atoms with E-state index in [9.17, 15) is 4.79 Å². The van der Waals surface area contributed by atoms with Crippen molar-refractivity contribution in [3.63, 3.8) is 0 Å². The maximum Gasteiger partial charge on any atom is 0.229 e. The Hall–Kier alpha value is -2.57. The Morgan fingerprint density at radius 1 is 1.24 bits per heavy atom. The second-order valence-electron chi connectivity index (χ2n) is 6.66. The van der Waals surface area contributed by atoms with Crippen LogP contribution in [0.15, 0.2) is 64.1 Å². The van der Waals surface area contributed by atoms with Crippen molar-refractivity contribution >= 4 is 40.1 Å².